The molecule has 0 spiro atoms. The molecule has 1 N–H and O–H groups in total. The molecule has 0 unspecified atom stereocenters. The van der Waals surface area contributed by atoms with E-state index in [2.05, 4.69) is 98.7 Å². The van der Waals surface area contributed by atoms with E-state index in [1.165, 1.54) is 3.57 Å². The van der Waals surface area contributed by atoms with Gasteiger partial charge >= 0.3 is 0 Å². The predicted octanol–water partition coefficient (Wildman–Crippen LogP) is 6.64. The molecule has 0 bridgehead atoms. The zero-order valence-electron chi connectivity index (χ0n) is 15.9. The zero-order valence-corrected chi connectivity index (χ0v) is 20.2. The van der Waals surface area contributed by atoms with Crippen LogP contribution in [-0.2, 0) is 0 Å². The van der Waals surface area contributed by atoms with Gasteiger partial charge in [-0.15, -0.1) is 0 Å². The van der Waals surface area contributed by atoms with Crippen LogP contribution in [0.25, 0.3) is 33.9 Å². The zero-order chi connectivity index (χ0) is 20.4. The third-order valence-corrected chi connectivity index (χ3v) is 5.92. The summed E-state index contributed by atoms with van der Waals surface area (Å²) in [5.74, 6) is 2.23. The molecule has 0 amide bonds. The average molecular weight is 608 g/mol. The van der Waals surface area contributed by atoms with Crippen molar-refractivity contribution in [3.05, 3.63) is 73.9 Å². The number of nitrogens with one attached hydrogen (secondary N) is 1. The highest BCUT2D eigenvalue weighted by atomic mass is 127. The minimum Gasteiger partial charge on any atom is -0.497 e. The van der Waals surface area contributed by atoms with E-state index in [1.807, 2.05) is 18.2 Å². The molecule has 0 saturated heterocycles. The Balaban J connectivity index is 1.95. The number of aromatic nitrogens is 2. The maximum atomic E-state index is 5.58. The molecule has 1 heterocycles. The summed E-state index contributed by atoms with van der Waals surface area (Å²) in [6.45, 7) is 0. The van der Waals surface area contributed by atoms with Crippen molar-refractivity contribution in [2.75, 3.05) is 14.2 Å². The second-order valence-electron chi connectivity index (χ2n) is 6.40. The van der Waals surface area contributed by atoms with Gasteiger partial charge in [-0.3, -0.25) is 0 Å². The number of ether oxygens (including phenoxy) is 2. The van der Waals surface area contributed by atoms with Crippen molar-refractivity contribution in [3.63, 3.8) is 0 Å². The first-order chi connectivity index (χ1) is 14.1. The molecule has 6 heteroatoms. The average Bonchev–Trinajstić information content (AvgIpc) is 3.18. The lowest BCUT2D eigenvalue weighted by molar-refractivity contribution is 0.404. The first kappa shape index (κ1) is 20.2. The minimum absolute atomic E-state index is 0.739. The van der Waals surface area contributed by atoms with Crippen molar-refractivity contribution in [1.29, 1.82) is 0 Å². The topological polar surface area (TPSA) is 47.1 Å². The van der Waals surface area contributed by atoms with E-state index in [4.69, 9.17) is 14.5 Å². The number of hydrogen-bond donors (Lipinski definition) is 1. The van der Waals surface area contributed by atoms with Gasteiger partial charge in [0.05, 0.1) is 31.2 Å². The van der Waals surface area contributed by atoms with Crippen LogP contribution in [0.3, 0.4) is 0 Å². The van der Waals surface area contributed by atoms with Gasteiger partial charge in [-0.05, 0) is 87.6 Å². The Labute approximate surface area is 197 Å². The van der Waals surface area contributed by atoms with E-state index >= 15 is 0 Å². The van der Waals surface area contributed by atoms with Gasteiger partial charge in [0.25, 0.3) is 0 Å². The van der Waals surface area contributed by atoms with Crippen LogP contribution in [0, 0.1) is 7.14 Å². The normalized spacial score (nSPS) is 10.8. The number of halogens is 2. The Hall–Kier alpha value is -2.07. The van der Waals surface area contributed by atoms with Crippen molar-refractivity contribution in [2.24, 2.45) is 0 Å². The quantitative estimate of drug-likeness (QED) is 0.259. The number of methoxy groups -OCH3 is 2. The Morgan fingerprint density at radius 1 is 0.793 bits per heavy atom. The lowest BCUT2D eigenvalue weighted by Crippen LogP contribution is -1.91. The van der Waals surface area contributed by atoms with E-state index in [9.17, 15) is 0 Å². The lowest BCUT2D eigenvalue weighted by atomic mass is 10.1. The van der Waals surface area contributed by atoms with E-state index in [0.717, 1.165) is 49.0 Å². The summed E-state index contributed by atoms with van der Waals surface area (Å²) in [6, 6.07) is 22.5. The third-order valence-electron chi connectivity index (χ3n) is 4.58. The first-order valence-corrected chi connectivity index (χ1v) is 11.1. The van der Waals surface area contributed by atoms with Gasteiger partial charge in [0.2, 0.25) is 0 Å². The number of imidazole rings is 1. The highest BCUT2D eigenvalue weighted by Gasteiger charge is 2.18. The van der Waals surface area contributed by atoms with E-state index in [0.29, 0.717) is 0 Å². The molecule has 0 radical (unpaired) electrons. The summed E-state index contributed by atoms with van der Waals surface area (Å²) in [5.41, 5.74) is 4.90. The summed E-state index contributed by atoms with van der Waals surface area (Å²) in [6.07, 6.45) is 0. The Kier molecular flexibility index (Phi) is 6.09. The maximum absolute atomic E-state index is 5.58. The second kappa shape index (κ2) is 8.74. The molecular weight excluding hydrogens is 590 g/mol. The SMILES string of the molecule is COc1ccc(OC)c(-c2nc(-c3cccc(I)c3)c(-c3cccc(I)c3)[nH]2)c1. The summed E-state index contributed by atoms with van der Waals surface area (Å²) < 4.78 is 13.3. The molecule has 1 aromatic heterocycles. The van der Waals surface area contributed by atoms with Gasteiger partial charge < -0.3 is 14.5 Å². The fraction of sp³-hybridized carbons (Fsp3) is 0.0870. The third kappa shape index (κ3) is 4.28. The molecule has 0 atom stereocenters. The largest absolute Gasteiger partial charge is 0.497 e. The molecule has 0 aliphatic carbocycles. The van der Waals surface area contributed by atoms with Gasteiger partial charge in [0, 0.05) is 18.3 Å². The van der Waals surface area contributed by atoms with Crippen LogP contribution in [-0.4, -0.2) is 24.2 Å². The van der Waals surface area contributed by atoms with Crippen LogP contribution in [0.15, 0.2) is 66.7 Å². The maximum Gasteiger partial charge on any atom is 0.142 e. The highest BCUT2D eigenvalue weighted by Crippen LogP contribution is 2.38. The van der Waals surface area contributed by atoms with Crippen molar-refractivity contribution in [3.8, 4) is 45.4 Å². The summed E-state index contributed by atoms with van der Waals surface area (Å²) >= 11 is 4.66. The molecule has 4 aromatic rings. The van der Waals surface area contributed by atoms with Crippen LogP contribution < -0.4 is 9.47 Å². The van der Waals surface area contributed by atoms with Crippen LogP contribution in [0.4, 0.5) is 0 Å². The van der Waals surface area contributed by atoms with Crippen LogP contribution in [0.5, 0.6) is 11.5 Å². The molecule has 29 heavy (non-hydrogen) atoms. The number of hydrogen-bond acceptors (Lipinski definition) is 3. The Morgan fingerprint density at radius 3 is 2.14 bits per heavy atom. The van der Waals surface area contributed by atoms with E-state index in [-0.39, 0.29) is 0 Å². The van der Waals surface area contributed by atoms with Crippen LogP contribution >= 0.6 is 45.2 Å². The number of aromatic amines is 1. The van der Waals surface area contributed by atoms with Crippen molar-refractivity contribution >= 4 is 45.2 Å². The van der Waals surface area contributed by atoms with Crippen molar-refractivity contribution in [2.45, 2.75) is 0 Å². The number of benzene rings is 3. The van der Waals surface area contributed by atoms with Gasteiger partial charge in [-0.1, -0.05) is 24.3 Å². The Bertz CT molecular complexity index is 1110. The predicted molar refractivity (Wildman–Crippen MR) is 133 cm³/mol. The van der Waals surface area contributed by atoms with Gasteiger partial charge in [0.15, 0.2) is 0 Å². The summed E-state index contributed by atoms with van der Waals surface area (Å²) in [4.78, 5) is 8.52. The molecule has 4 nitrogen and oxygen atoms in total. The summed E-state index contributed by atoms with van der Waals surface area (Å²) in [5, 5.41) is 0. The molecule has 146 valence electrons. The molecular formula is C23H18I2N2O2. The first-order valence-electron chi connectivity index (χ1n) is 8.93. The molecule has 0 aliphatic heterocycles. The number of nitrogens with zero attached hydrogens (tertiary/aromatic N) is 1. The van der Waals surface area contributed by atoms with Gasteiger partial charge in [-0.2, -0.15) is 0 Å². The fourth-order valence-corrected chi connectivity index (χ4v) is 4.28. The fourth-order valence-electron chi connectivity index (χ4n) is 3.20. The Morgan fingerprint density at radius 2 is 1.48 bits per heavy atom. The highest BCUT2D eigenvalue weighted by molar-refractivity contribution is 14.1. The standard InChI is InChI=1S/C23H18I2N2O2/c1-28-18-9-10-20(29-2)19(13-18)23-26-21(14-5-3-7-16(24)11-14)22(27-23)15-6-4-8-17(25)12-15/h3-13H,1-2H3,(H,26,27). The smallest absolute Gasteiger partial charge is 0.142 e. The monoisotopic (exact) mass is 608 g/mol. The minimum atomic E-state index is 0.739. The molecule has 3 aromatic carbocycles. The lowest BCUT2D eigenvalue weighted by Gasteiger charge is -2.08. The number of rotatable bonds is 5. The second-order valence-corrected chi connectivity index (χ2v) is 8.89. The van der Waals surface area contributed by atoms with E-state index in [1.54, 1.807) is 14.2 Å². The molecule has 4 rings (SSSR count). The van der Waals surface area contributed by atoms with Crippen molar-refractivity contribution in [1.82, 2.24) is 9.97 Å². The van der Waals surface area contributed by atoms with Crippen LogP contribution in [0.2, 0.25) is 0 Å². The molecule has 0 aliphatic rings. The van der Waals surface area contributed by atoms with Gasteiger partial charge in [0.1, 0.15) is 17.3 Å². The van der Waals surface area contributed by atoms with Crippen LogP contribution in [0.1, 0.15) is 0 Å². The molecule has 0 fully saturated rings. The van der Waals surface area contributed by atoms with Crippen molar-refractivity contribution < 1.29 is 9.47 Å². The molecule has 0 saturated carbocycles. The van der Waals surface area contributed by atoms with Gasteiger partial charge in [-0.25, -0.2) is 4.98 Å². The number of H-pyrrole nitrogens is 1. The summed E-state index contributed by atoms with van der Waals surface area (Å²) in [7, 11) is 3.32. The van der Waals surface area contributed by atoms with E-state index < -0.39 is 0 Å².